The van der Waals surface area contributed by atoms with Gasteiger partial charge in [-0.2, -0.15) is 0 Å². The molecule has 1 unspecified atom stereocenters. The molecule has 0 aliphatic rings. The molecule has 1 aromatic heterocycles. The van der Waals surface area contributed by atoms with Crippen LogP contribution in [0, 0.1) is 0 Å². The zero-order valence-electron chi connectivity index (χ0n) is 9.70. The van der Waals surface area contributed by atoms with Gasteiger partial charge in [-0.25, -0.2) is 0 Å². The smallest absolute Gasteiger partial charge is 0.0730 e. The first-order valence-electron chi connectivity index (χ1n) is 5.00. The lowest BCUT2D eigenvalue weighted by Gasteiger charge is -2.27. The summed E-state index contributed by atoms with van der Waals surface area (Å²) in [4.78, 5) is 0. The van der Waals surface area contributed by atoms with Crippen LogP contribution in [-0.4, -0.2) is 28.1 Å². The predicted molar refractivity (Wildman–Crippen MR) is 57.2 cm³/mol. The minimum atomic E-state index is 0.112. The van der Waals surface area contributed by atoms with Gasteiger partial charge in [-0.1, -0.05) is 19.1 Å². The average molecular weight is 196 g/mol. The SMILES string of the molecule is CNC(C)CC(C)(C)c1cnnn1C. The van der Waals surface area contributed by atoms with Crippen LogP contribution >= 0.6 is 0 Å². The Morgan fingerprint density at radius 2 is 2.21 bits per heavy atom. The molecule has 4 heteroatoms. The lowest BCUT2D eigenvalue weighted by atomic mass is 9.83. The van der Waals surface area contributed by atoms with E-state index in [1.54, 1.807) is 0 Å². The summed E-state index contributed by atoms with van der Waals surface area (Å²) in [5.41, 5.74) is 1.29. The third kappa shape index (κ3) is 2.32. The molecule has 0 bridgehead atoms. The van der Waals surface area contributed by atoms with Crippen molar-refractivity contribution in [3.63, 3.8) is 0 Å². The van der Waals surface area contributed by atoms with Crippen molar-refractivity contribution in [1.82, 2.24) is 20.3 Å². The van der Waals surface area contributed by atoms with Crippen LogP contribution in [0.3, 0.4) is 0 Å². The first-order valence-corrected chi connectivity index (χ1v) is 5.00. The zero-order chi connectivity index (χ0) is 10.8. The van der Waals surface area contributed by atoms with E-state index < -0.39 is 0 Å². The van der Waals surface area contributed by atoms with Crippen LogP contribution in [0.25, 0.3) is 0 Å². The van der Waals surface area contributed by atoms with Gasteiger partial charge in [-0.3, -0.25) is 4.68 Å². The van der Waals surface area contributed by atoms with Crippen LogP contribution in [0.1, 0.15) is 32.9 Å². The normalized spacial score (nSPS) is 14.4. The van der Waals surface area contributed by atoms with E-state index in [-0.39, 0.29) is 5.41 Å². The molecule has 0 aliphatic carbocycles. The van der Waals surface area contributed by atoms with Gasteiger partial charge in [0.1, 0.15) is 0 Å². The van der Waals surface area contributed by atoms with Crippen molar-refractivity contribution < 1.29 is 0 Å². The number of hydrogen-bond acceptors (Lipinski definition) is 3. The predicted octanol–water partition coefficient (Wildman–Crippen LogP) is 1.09. The summed E-state index contributed by atoms with van der Waals surface area (Å²) in [6.45, 7) is 6.63. The molecule has 0 saturated carbocycles. The Labute approximate surface area is 85.7 Å². The van der Waals surface area contributed by atoms with E-state index in [4.69, 9.17) is 0 Å². The van der Waals surface area contributed by atoms with Crippen molar-refractivity contribution in [2.45, 2.75) is 38.6 Å². The summed E-state index contributed by atoms with van der Waals surface area (Å²) in [6, 6.07) is 0.500. The lowest BCUT2D eigenvalue weighted by molar-refractivity contribution is 0.382. The highest BCUT2D eigenvalue weighted by Crippen LogP contribution is 2.26. The van der Waals surface area contributed by atoms with Gasteiger partial charge in [0.15, 0.2) is 0 Å². The van der Waals surface area contributed by atoms with Gasteiger partial charge >= 0.3 is 0 Å². The highest BCUT2D eigenvalue weighted by Gasteiger charge is 2.26. The van der Waals surface area contributed by atoms with Crippen molar-refractivity contribution >= 4 is 0 Å². The summed E-state index contributed by atoms with van der Waals surface area (Å²) in [6.07, 6.45) is 2.92. The summed E-state index contributed by atoms with van der Waals surface area (Å²) in [5.74, 6) is 0. The van der Waals surface area contributed by atoms with Crippen molar-refractivity contribution in [2.24, 2.45) is 7.05 Å². The number of nitrogens with zero attached hydrogens (tertiary/aromatic N) is 3. The molecule has 4 nitrogen and oxygen atoms in total. The van der Waals surface area contributed by atoms with Gasteiger partial charge in [0.25, 0.3) is 0 Å². The van der Waals surface area contributed by atoms with Crippen molar-refractivity contribution in [3.05, 3.63) is 11.9 Å². The van der Waals surface area contributed by atoms with Crippen molar-refractivity contribution in [2.75, 3.05) is 7.05 Å². The first kappa shape index (κ1) is 11.2. The average Bonchev–Trinajstić information content (AvgIpc) is 2.51. The zero-order valence-corrected chi connectivity index (χ0v) is 9.70. The fourth-order valence-electron chi connectivity index (χ4n) is 1.87. The van der Waals surface area contributed by atoms with Crippen LogP contribution in [0.15, 0.2) is 6.20 Å². The molecular formula is C10H20N4. The highest BCUT2D eigenvalue weighted by molar-refractivity contribution is 5.10. The van der Waals surface area contributed by atoms with E-state index in [2.05, 4.69) is 36.4 Å². The molecule has 0 aliphatic heterocycles. The topological polar surface area (TPSA) is 42.7 Å². The second kappa shape index (κ2) is 4.09. The van der Waals surface area contributed by atoms with Crippen molar-refractivity contribution in [1.29, 1.82) is 0 Å². The Balaban J connectivity index is 2.80. The first-order chi connectivity index (χ1) is 6.47. The molecule has 1 aromatic rings. The summed E-state index contributed by atoms with van der Waals surface area (Å²) < 4.78 is 1.85. The number of hydrogen-bond donors (Lipinski definition) is 1. The second-order valence-corrected chi connectivity index (χ2v) is 4.52. The molecule has 0 amide bonds. The monoisotopic (exact) mass is 196 g/mol. The van der Waals surface area contributed by atoms with Crippen LogP contribution in [0.5, 0.6) is 0 Å². The van der Waals surface area contributed by atoms with Crippen LogP contribution in [0.2, 0.25) is 0 Å². The fraction of sp³-hybridized carbons (Fsp3) is 0.800. The summed E-state index contributed by atoms with van der Waals surface area (Å²) in [5, 5.41) is 11.1. The number of aryl methyl sites for hydroxylation is 1. The molecule has 1 N–H and O–H groups in total. The standard InChI is InChI=1S/C10H20N4/c1-8(11-4)6-10(2,3)9-7-12-13-14(9)5/h7-8,11H,6H2,1-5H3. The van der Waals surface area contributed by atoms with E-state index in [9.17, 15) is 0 Å². The molecule has 0 spiro atoms. The van der Waals surface area contributed by atoms with E-state index in [0.29, 0.717) is 6.04 Å². The van der Waals surface area contributed by atoms with Gasteiger partial charge in [-0.15, -0.1) is 5.10 Å². The molecular weight excluding hydrogens is 176 g/mol. The molecule has 14 heavy (non-hydrogen) atoms. The van der Waals surface area contributed by atoms with E-state index in [0.717, 1.165) is 6.42 Å². The van der Waals surface area contributed by atoms with Gasteiger partial charge in [0.2, 0.25) is 0 Å². The number of aromatic nitrogens is 3. The minimum Gasteiger partial charge on any atom is -0.317 e. The molecule has 1 rings (SSSR count). The Bertz CT molecular complexity index is 290. The van der Waals surface area contributed by atoms with Gasteiger partial charge < -0.3 is 5.32 Å². The van der Waals surface area contributed by atoms with Crippen molar-refractivity contribution in [3.8, 4) is 0 Å². The Morgan fingerprint density at radius 1 is 1.57 bits per heavy atom. The van der Waals surface area contributed by atoms with E-state index in [1.807, 2.05) is 25.0 Å². The maximum atomic E-state index is 3.96. The summed E-state index contributed by atoms with van der Waals surface area (Å²) in [7, 11) is 3.93. The largest absolute Gasteiger partial charge is 0.317 e. The van der Waals surface area contributed by atoms with Crippen LogP contribution in [0.4, 0.5) is 0 Å². The second-order valence-electron chi connectivity index (χ2n) is 4.52. The third-order valence-electron chi connectivity index (χ3n) is 2.72. The maximum Gasteiger partial charge on any atom is 0.0730 e. The summed E-state index contributed by atoms with van der Waals surface area (Å²) >= 11 is 0. The Kier molecular flexibility index (Phi) is 3.26. The highest BCUT2D eigenvalue weighted by atomic mass is 15.4. The number of rotatable bonds is 4. The minimum absolute atomic E-state index is 0.112. The van der Waals surface area contributed by atoms with Crippen LogP contribution in [-0.2, 0) is 12.5 Å². The molecule has 0 fully saturated rings. The Hall–Kier alpha value is -0.900. The third-order valence-corrected chi connectivity index (χ3v) is 2.72. The molecule has 1 atom stereocenters. The fourth-order valence-corrected chi connectivity index (χ4v) is 1.87. The molecule has 0 radical (unpaired) electrons. The van der Waals surface area contributed by atoms with Gasteiger partial charge in [0.05, 0.1) is 11.9 Å². The molecule has 0 saturated heterocycles. The van der Waals surface area contributed by atoms with Gasteiger partial charge in [-0.05, 0) is 20.4 Å². The number of nitrogens with one attached hydrogen (secondary N) is 1. The van der Waals surface area contributed by atoms with E-state index >= 15 is 0 Å². The van der Waals surface area contributed by atoms with Crippen LogP contribution < -0.4 is 5.32 Å². The Morgan fingerprint density at radius 3 is 2.64 bits per heavy atom. The quantitative estimate of drug-likeness (QED) is 0.784. The maximum absolute atomic E-state index is 3.96. The molecule has 0 aromatic carbocycles. The van der Waals surface area contributed by atoms with E-state index in [1.165, 1.54) is 5.69 Å². The lowest BCUT2D eigenvalue weighted by Crippen LogP contribution is -2.32. The molecule has 1 heterocycles. The van der Waals surface area contributed by atoms with Gasteiger partial charge in [0, 0.05) is 18.5 Å². The molecule has 80 valence electrons.